The van der Waals surface area contributed by atoms with E-state index in [9.17, 15) is 14.4 Å². The number of hydrogen-bond donors (Lipinski definition) is 0. The van der Waals surface area contributed by atoms with Crippen molar-refractivity contribution in [3.05, 3.63) is 39.9 Å². The zero-order valence-corrected chi connectivity index (χ0v) is 12.3. The largest absolute Gasteiger partial charge is 0.463 e. The Morgan fingerprint density at radius 1 is 1.35 bits per heavy atom. The van der Waals surface area contributed by atoms with Gasteiger partial charge in [0, 0.05) is 19.4 Å². The van der Waals surface area contributed by atoms with Crippen LogP contribution in [0.15, 0.2) is 23.0 Å². The molecule has 0 amide bonds. The van der Waals surface area contributed by atoms with Crippen LogP contribution in [0.4, 0.5) is 0 Å². The van der Waals surface area contributed by atoms with Gasteiger partial charge >= 0.3 is 11.9 Å². The topological polar surface area (TPSA) is 87.5 Å². The third-order valence-electron chi connectivity index (χ3n) is 4.19. The first-order valence-corrected chi connectivity index (χ1v) is 7.54. The fourth-order valence-corrected chi connectivity index (χ4v) is 2.99. The fourth-order valence-electron chi connectivity index (χ4n) is 2.99. The summed E-state index contributed by atoms with van der Waals surface area (Å²) in [5, 5.41) is 0.479. The average Bonchev–Trinajstić information content (AvgIpc) is 3.16. The van der Waals surface area contributed by atoms with Gasteiger partial charge in [-0.05, 0) is 24.6 Å². The van der Waals surface area contributed by atoms with Crippen molar-refractivity contribution in [2.45, 2.75) is 31.9 Å². The number of carbonyl (C=O) groups excluding carboxylic acids is 2. The lowest BCUT2D eigenvalue weighted by atomic mass is 10.1. The molecule has 3 heterocycles. The van der Waals surface area contributed by atoms with Crippen LogP contribution in [-0.4, -0.2) is 34.2 Å². The first kappa shape index (κ1) is 13.9. The third kappa shape index (κ3) is 2.28. The van der Waals surface area contributed by atoms with Gasteiger partial charge < -0.3 is 9.47 Å². The van der Waals surface area contributed by atoms with Gasteiger partial charge in [0.15, 0.2) is 0 Å². The van der Waals surface area contributed by atoms with Gasteiger partial charge in [-0.3, -0.25) is 9.36 Å². The van der Waals surface area contributed by atoms with Crippen molar-refractivity contribution < 1.29 is 19.1 Å². The minimum absolute atomic E-state index is 0.0817. The minimum atomic E-state index is -0.850. The molecule has 0 spiro atoms. The van der Waals surface area contributed by atoms with Gasteiger partial charge in [0.2, 0.25) is 6.10 Å². The molecular weight excluding hydrogens is 300 g/mol. The first-order valence-electron chi connectivity index (χ1n) is 7.54. The summed E-state index contributed by atoms with van der Waals surface area (Å²) in [6.45, 7) is 0.948. The van der Waals surface area contributed by atoms with Crippen LogP contribution < -0.4 is 5.56 Å². The zero-order chi connectivity index (χ0) is 16.0. The Morgan fingerprint density at radius 3 is 3.00 bits per heavy atom. The molecule has 2 aliphatic heterocycles. The standard InChI is InChI=1S/C16H14N2O5/c19-14-10-4-3-9(15(20)23-12-5-7-22-16(12)21)8-11(10)17-13-2-1-6-18(13)14/h3-4,8,12H,1-2,5-7H2/t12-/m0/s1. The highest BCUT2D eigenvalue weighted by Gasteiger charge is 2.30. The van der Waals surface area contributed by atoms with E-state index in [0.717, 1.165) is 18.7 Å². The van der Waals surface area contributed by atoms with E-state index in [1.165, 1.54) is 6.07 Å². The molecule has 2 aromatic rings. The van der Waals surface area contributed by atoms with E-state index in [0.29, 0.717) is 23.9 Å². The van der Waals surface area contributed by atoms with E-state index in [4.69, 9.17) is 9.47 Å². The molecule has 4 rings (SSSR count). The number of benzene rings is 1. The molecule has 0 aliphatic carbocycles. The van der Waals surface area contributed by atoms with Crippen LogP contribution in [0.5, 0.6) is 0 Å². The van der Waals surface area contributed by atoms with Gasteiger partial charge in [0.1, 0.15) is 5.82 Å². The molecule has 0 bridgehead atoms. The van der Waals surface area contributed by atoms with E-state index >= 15 is 0 Å². The molecule has 1 fully saturated rings. The van der Waals surface area contributed by atoms with Gasteiger partial charge in [-0.25, -0.2) is 14.6 Å². The average molecular weight is 314 g/mol. The summed E-state index contributed by atoms with van der Waals surface area (Å²) in [5.41, 5.74) is 0.667. The monoisotopic (exact) mass is 314 g/mol. The maximum Gasteiger partial charge on any atom is 0.347 e. The summed E-state index contributed by atoms with van der Waals surface area (Å²) in [7, 11) is 0. The number of aryl methyl sites for hydroxylation is 1. The van der Waals surface area contributed by atoms with Gasteiger partial charge in [0.25, 0.3) is 5.56 Å². The molecule has 1 aromatic heterocycles. The highest BCUT2D eigenvalue weighted by molar-refractivity contribution is 5.95. The summed E-state index contributed by atoms with van der Waals surface area (Å²) in [4.78, 5) is 40.4. The van der Waals surface area contributed by atoms with Crippen LogP contribution in [0.1, 0.15) is 29.0 Å². The lowest BCUT2D eigenvalue weighted by Gasteiger charge is -2.09. The van der Waals surface area contributed by atoms with Gasteiger partial charge in [-0.2, -0.15) is 0 Å². The normalized spacial score (nSPS) is 19.7. The smallest absolute Gasteiger partial charge is 0.347 e. The van der Waals surface area contributed by atoms with E-state index in [-0.39, 0.29) is 17.7 Å². The summed E-state index contributed by atoms with van der Waals surface area (Å²) in [6, 6.07) is 4.65. The Kier molecular flexibility index (Phi) is 3.14. The summed E-state index contributed by atoms with van der Waals surface area (Å²) < 4.78 is 11.6. The molecule has 0 N–H and O–H groups in total. The molecule has 7 heteroatoms. The molecule has 1 aromatic carbocycles. The maximum atomic E-state index is 12.4. The quantitative estimate of drug-likeness (QED) is 0.763. The number of fused-ring (bicyclic) bond motifs is 2. The number of nitrogens with zero attached hydrogens (tertiary/aromatic N) is 2. The van der Waals surface area contributed by atoms with Crippen molar-refractivity contribution in [1.82, 2.24) is 9.55 Å². The number of cyclic esters (lactones) is 1. The van der Waals surface area contributed by atoms with Crippen LogP contribution in [0.25, 0.3) is 10.9 Å². The third-order valence-corrected chi connectivity index (χ3v) is 4.19. The van der Waals surface area contributed by atoms with Crippen molar-refractivity contribution in [2.75, 3.05) is 6.61 Å². The number of carbonyl (C=O) groups is 2. The van der Waals surface area contributed by atoms with Gasteiger partial charge in [-0.15, -0.1) is 0 Å². The SMILES string of the molecule is O=C(O[C@H]1CCOC1=O)c1ccc2c(=O)n3c(nc2c1)CCC3. The number of aromatic nitrogens is 2. The highest BCUT2D eigenvalue weighted by atomic mass is 16.6. The van der Waals surface area contributed by atoms with Crippen LogP contribution >= 0.6 is 0 Å². The van der Waals surface area contributed by atoms with E-state index in [1.54, 1.807) is 16.7 Å². The Hall–Kier alpha value is -2.70. The minimum Gasteiger partial charge on any atom is -0.463 e. The molecule has 1 saturated heterocycles. The highest BCUT2D eigenvalue weighted by Crippen LogP contribution is 2.18. The number of hydrogen-bond acceptors (Lipinski definition) is 6. The second kappa shape index (κ2) is 5.19. The number of rotatable bonds is 2. The van der Waals surface area contributed by atoms with Crippen molar-refractivity contribution in [1.29, 1.82) is 0 Å². The first-order chi connectivity index (χ1) is 11.1. The summed E-state index contributed by atoms with van der Waals surface area (Å²) >= 11 is 0. The molecule has 7 nitrogen and oxygen atoms in total. The number of esters is 2. The Labute approximate surface area is 130 Å². The van der Waals surface area contributed by atoms with Crippen LogP contribution in [0.3, 0.4) is 0 Å². The van der Waals surface area contributed by atoms with Gasteiger partial charge in [-0.1, -0.05) is 0 Å². The van der Waals surface area contributed by atoms with Crippen LogP contribution in [0, 0.1) is 0 Å². The molecule has 1 atom stereocenters. The number of ether oxygens (including phenoxy) is 2. The van der Waals surface area contributed by atoms with E-state index in [2.05, 4.69) is 4.98 Å². The summed E-state index contributed by atoms with van der Waals surface area (Å²) in [6.07, 6.45) is 1.17. The molecule has 0 saturated carbocycles. The van der Waals surface area contributed by atoms with E-state index in [1.807, 2.05) is 0 Å². The van der Waals surface area contributed by atoms with Crippen LogP contribution in [0.2, 0.25) is 0 Å². The van der Waals surface area contributed by atoms with Crippen molar-refractivity contribution in [3.63, 3.8) is 0 Å². The molecule has 23 heavy (non-hydrogen) atoms. The Morgan fingerprint density at radius 2 is 2.22 bits per heavy atom. The molecule has 0 unspecified atom stereocenters. The zero-order valence-electron chi connectivity index (χ0n) is 12.3. The molecular formula is C16H14N2O5. The predicted octanol–water partition coefficient (Wildman–Crippen LogP) is 0.815. The van der Waals surface area contributed by atoms with Gasteiger partial charge in [0.05, 0.1) is 23.1 Å². The van der Waals surface area contributed by atoms with Crippen molar-refractivity contribution in [3.8, 4) is 0 Å². The molecule has 2 aliphatic rings. The van der Waals surface area contributed by atoms with Crippen molar-refractivity contribution in [2.24, 2.45) is 0 Å². The summed E-state index contributed by atoms with van der Waals surface area (Å²) in [5.74, 6) is -0.390. The fraction of sp³-hybridized carbons (Fsp3) is 0.375. The van der Waals surface area contributed by atoms with Crippen LogP contribution in [-0.2, 0) is 27.2 Å². The lowest BCUT2D eigenvalue weighted by Crippen LogP contribution is -2.23. The maximum absolute atomic E-state index is 12.4. The second-order valence-electron chi connectivity index (χ2n) is 5.67. The Bertz CT molecular complexity index is 886. The molecule has 118 valence electrons. The predicted molar refractivity (Wildman–Crippen MR) is 79.1 cm³/mol. The Balaban J connectivity index is 1.69. The van der Waals surface area contributed by atoms with Crippen molar-refractivity contribution >= 4 is 22.8 Å². The lowest BCUT2D eigenvalue weighted by molar-refractivity contribution is -0.145. The van der Waals surface area contributed by atoms with E-state index < -0.39 is 18.0 Å². The molecule has 0 radical (unpaired) electrons. The second-order valence-corrected chi connectivity index (χ2v) is 5.67.